The standard InChI is InChI=1S/C12H14O3/c1-10-6-8-11(9-7-10)4-2-3-5-12(13)15-14/h2,4,6-9,14H,3,5H2,1H3/b4-2+. The Hall–Kier alpha value is -1.61. The molecule has 0 saturated heterocycles. The van der Waals surface area contributed by atoms with Crippen molar-refractivity contribution >= 4 is 12.0 Å². The van der Waals surface area contributed by atoms with Crippen LogP contribution >= 0.6 is 0 Å². The minimum Gasteiger partial charge on any atom is -0.301 e. The van der Waals surface area contributed by atoms with E-state index in [2.05, 4.69) is 4.89 Å². The van der Waals surface area contributed by atoms with Crippen molar-refractivity contribution in [2.45, 2.75) is 19.8 Å². The lowest BCUT2D eigenvalue weighted by molar-refractivity contribution is -0.234. The van der Waals surface area contributed by atoms with E-state index in [1.54, 1.807) is 0 Å². The topological polar surface area (TPSA) is 46.5 Å². The van der Waals surface area contributed by atoms with Gasteiger partial charge in [-0.3, -0.25) is 0 Å². The van der Waals surface area contributed by atoms with Gasteiger partial charge in [0, 0.05) is 0 Å². The lowest BCUT2D eigenvalue weighted by atomic mass is 10.1. The molecule has 0 aliphatic heterocycles. The van der Waals surface area contributed by atoms with Gasteiger partial charge in [-0.2, -0.15) is 5.26 Å². The second-order valence-electron chi connectivity index (χ2n) is 3.32. The third-order valence-electron chi connectivity index (χ3n) is 2.00. The lowest BCUT2D eigenvalue weighted by Gasteiger charge is -1.95. The van der Waals surface area contributed by atoms with Crippen LogP contribution < -0.4 is 0 Å². The summed E-state index contributed by atoms with van der Waals surface area (Å²) < 4.78 is 0. The Bertz CT molecular complexity index is 338. The summed E-state index contributed by atoms with van der Waals surface area (Å²) in [5.74, 6) is -0.608. The van der Waals surface area contributed by atoms with Crippen LogP contribution in [0.4, 0.5) is 0 Å². The van der Waals surface area contributed by atoms with Crippen molar-refractivity contribution in [3.8, 4) is 0 Å². The van der Waals surface area contributed by atoms with Crippen LogP contribution in [-0.2, 0) is 9.68 Å². The molecule has 1 N–H and O–H groups in total. The number of carbonyl (C=O) groups excluding carboxylic acids is 1. The van der Waals surface area contributed by atoms with Crippen LogP contribution in [0.3, 0.4) is 0 Å². The highest BCUT2D eigenvalue weighted by Gasteiger charge is 1.97. The number of aryl methyl sites for hydroxylation is 1. The molecule has 15 heavy (non-hydrogen) atoms. The molecule has 80 valence electrons. The van der Waals surface area contributed by atoms with Crippen molar-refractivity contribution in [3.05, 3.63) is 41.5 Å². The number of benzene rings is 1. The molecular weight excluding hydrogens is 192 g/mol. The number of carbonyl (C=O) groups is 1. The van der Waals surface area contributed by atoms with Crippen LogP contribution in [0.25, 0.3) is 6.08 Å². The molecule has 1 aromatic carbocycles. The molecule has 0 aliphatic rings. The average Bonchev–Trinajstić information content (AvgIpc) is 2.26. The summed E-state index contributed by atoms with van der Waals surface area (Å²) in [6, 6.07) is 8.08. The van der Waals surface area contributed by atoms with Gasteiger partial charge in [0.2, 0.25) is 0 Å². The molecule has 0 aliphatic carbocycles. The quantitative estimate of drug-likeness (QED) is 0.608. The molecule has 3 nitrogen and oxygen atoms in total. The molecule has 0 unspecified atom stereocenters. The first-order chi connectivity index (χ1) is 7.22. The van der Waals surface area contributed by atoms with Crippen molar-refractivity contribution < 1.29 is 14.9 Å². The Kier molecular flexibility index (Phi) is 4.57. The molecule has 0 saturated carbocycles. The summed E-state index contributed by atoms with van der Waals surface area (Å²) in [5, 5.41) is 8.01. The van der Waals surface area contributed by atoms with E-state index in [4.69, 9.17) is 5.26 Å². The molecule has 0 aromatic heterocycles. The van der Waals surface area contributed by atoms with Crippen LogP contribution in [0.2, 0.25) is 0 Å². The highest BCUT2D eigenvalue weighted by molar-refractivity contribution is 5.68. The van der Waals surface area contributed by atoms with Gasteiger partial charge >= 0.3 is 5.97 Å². The summed E-state index contributed by atoms with van der Waals surface area (Å²) in [4.78, 5) is 14.1. The van der Waals surface area contributed by atoms with E-state index in [0.29, 0.717) is 6.42 Å². The smallest absolute Gasteiger partial charge is 0.301 e. The maximum absolute atomic E-state index is 10.6. The molecular formula is C12H14O3. The molecule has 1 aromatic rings. The molecule has 0 heterocycles. The first-order valence-corrected chi connectivity index (χ1v) is 4.80. The van der Waals surface area contributed by atoms with Crippen LogP contribution in [0, 0.1) is 6.92 Å². The highest BCUT2D eigenvalue weighted by Crippen LogP contribution is 2.06. The van der Waals surface area contributed by atoms with Crippen LogP contribution in [0.15, 0.2) is 30.3 Å². The van der Waals surface area contributed by atoms with E-state index >= 15 is 0 Å². The molecule has 1 rings (SSSR count). The summed E-state index contributed by atoms with van der Waals surface area (Å²) >= 11 is 0. The summed E-state index contributed by atoms with van der Waals surface area (Å²) in [7, 11) is 0. The van der Waals surface area contributed by atoms with Gasteiger partial charge in [0.15, 0.2) is 0 Å². The van der Waals surface area contributed by atoms with Crippen molar-refractivity contribution in [3.63, 3.8) is 0 Å². The van der Waals surface area contributed by atoms with Gasteiger partial charge in [0.25, 0.3) is 0 Å². The van der Waals surface area contributed by atoms with Gasteiger partial charge in [-0.1, -0.05) is 42.0 Å². The average molecular weight is 206 g/mol. The normalized spacial score (nSPS) is 10.5. The SMILES string of the molecule is Cc1ccc(/C=C/CCC(=O)OO)cc1. The zero-order valence-electron chi connectivity index (χ0n) is 8.64. The summed E-state index contributed by atoms with van der Waals surface area (Å²) in [6.45, 7) is 2.03. The van der Waals surface area contributed by atoms with E-state index in [1.165, 1.54) is 5.56 Å². The third kappa shape index (κ3) is 4.42. The fraction of sp³-hybridized carbons (Fsp3) is 0.250. The Morgan fingerprint density at radius 2 is 2.07 bits per heavy atom. The predicted molar refractivity (Wildman–Crippen MR) is 58.2 cm³/mol. The van der Waals surface area contributed by atoms with Crippen molar-refractivity contribution in [2.75, 3.05) is 0 Å². The zero-order valence-corrected chi connectivity index (χ0v) is 8.64. The van der Waals surface area contributed by atoms with Gasteiger partial charge in [0.1, 0.15) is 0 Å². The maximum Gasteiger partial charge on any atom is 0.342 e. The summed E-state index contributed by atoms with van der Waals surface area (Å²) in [6.07, 6.45) is 4.57. The van der Waals surface area contributed by atoms with E-state index in [-0.39, 0.29) is 6.42 Å². The van der Waals surface area contributed by atoms with Gasteiger partial charge in [-0.25, -0.2) is 4.79 Å². The van der Waals surface area contributed by atoms with Crippen LogP contribution in [0.1, 0.15) is 24.0 Å². The minimum atomic E-state index is -0.608. The summed E-state index contributed by atoms with van der Waals surface area (Å²) in [5.41, 5.74) is 2.31. The Labute approximate surface area is 88.9 Å². The first kappa shape index (κ1) is 11.5. The molecule has 0 spiro atoms. The Balaban J connectivity index is 2.38. The number of hydrogen-bond acceptors (Lipinski definition) is 3. The van der Waals surface area contributed by atoms with E-state index in [1.807, 2.05) is 43.3 Å². The third-order valence-corrected chi connectivity index (χ3v) is 2.00. The highest BCUT2D eigenvalue weighted by atomic mass is 17.1. The minimum absolute atomic E-state index is 0.193. The van der Waals surface area contributed by atoms with Crippen molar-refractivity contribution in [1.29, 1.82) is 0 Å². The first-order valence-electron chi connectivity index (χ1n) is 4.80. The second-order valence-corrected chi connectivity index (χ2v) is 3.32. The van der Waals surface area contributed by atoms with Crippen molar-refractivity contribution in [2.24, 2.45) is 0 Å². The fourth-order valence-corrected chi connectivity index (χ4v) is 1.14. The van der Waals surface area contributed by atoms with Crippen LogP contribution in [0.5, 0.6) is 0 Å². The van der Waals surface area contributed by atoms with Gasteiger partial charge in [-0.05, 0) is 18.9 Å². The number of allylic oxidation sites excluding steroid dienone is 1. The fourth-order valence-electron chi connectivity index (χ4n) is 1.14. The molecule has 0 bridgehead atoms. The van der Waals surface area contributed by atoms with Crippen molar-refractivity contribution in [1.82, 2.24) is 0 Å². The van der Waals surface area contributed by atoms with E-state index in [0.717, 1.165) is 5.56 Å². The number of hydrogen-bond donors (Lipinski definition) is 1. The van der Waals surface area contributed by atoms with Gasteiger partial charge in [-0.15, -0.1) is 0 Å². The maximum atomic E-state index is 10.6. The largest absolute Gasteiger partial charge is 0.342 e. The monoisotopic (exact) mass is 206 g/mol. The Morgan fingerprint density at radius 3 is 2.67 bits per heavy atom. The molecule has 3 heteroatoms. The molecule has 0 radical (unpaired) electrons. The Morgan fingerprint density at radius 1 is 1.40 bits per heavy atom. The van der Waals surface area contributed by atoms with E-state index < -0.39 is 5.97 Å². The molecule has 0 fully saturated rings. The second kappa shape index (κ2) is 5.98. The van der Waals surface area contributed by atoms with Gasteiger partial charge in [0.05, 0.1) is 6.42 Å². The predicted octanol–water partition coefficient (Wildman–Crippen LogP) is 2.80. The van der Waals surface area contributed by atoms with Gasteiger partial charge < -0.3 is 4.89 Å². The number of rotatable bonds is 4. The zero-order chi connectivity index (χ0) is 11.1. The van der Waals surface area contributed by atoms with Crippen LogP contribution in [-0.4, -0.2) is 11.2 Å². The van der Waals surface area contributed by atoms with E-state index in [9.17, 15) is 4.79 Å². The lowest BCUT2D eigenvalue weighted by Crippen LogP contribution is -1.98. The molecule has 0 atom stereocenters. The molecule has 0 amide bonds.